The Morgan fingerprint density at radius 3 is 2.22 bits per heavy atom. The number of benzene rings is 1. The Morgan fingerprint density at radius 2 is 1.61 bits per heavy atom. The molecule has 3 nitrogen and oxygen atoms in total. The molecule has 3 heteroatoms. The highest BCUT2D eigenvalue weighted by Gasteiger charge is 2.10. The molecule has 94 valence electrons. The van der Waals surface area contributed by atoms with Crippen molar-refractivity contribution in [1.82, 2.24) is 9.78 Å². The van der Waals surface area contributed by atoms with Gasteiger partial charge in [-0.2, -0.15) is 5.10 Å². The topological polar surface area (TPSA) is 21.1 Å². The van der Waals surface area contributed by atoms with Crippen LogP contribution in [0.1, 0.15) is 24.8 Å². The molecular weight excluding hydrogens is 222 g/mol. The average molecular weight is 241 g/mol. The van der Waals surface area contributed by atoms with Gasteiger partial charge in [0.15, 0.2) is 0 Å². The molecule has 0 spiro atoms. The minimum absolute atomic E-state index is 1.13. The van der Waals surface area contributed by atoms with Gasteiger partial charge >= 0.3 is 0 Å². The average Bonchev–Trinajstić information content (AvgIpc) is 2.87. The number of rotatable bonds is 2. The summed E-state index contributed by atoms with van der Waals surface area (Å²) in [5.41, 5.74) is 3.65. The lowest BCUT2D eigenvalue weighted by atomic mass is 10.1. The number of hydrogen-bond donors (Lipinski definition) is 0. The Morgan fingerprint density at radius 1 is 0.944 bits per heavy atom. The number of nitrogens with zero attached hydrogens (tertiary/aromatic N) is 3. The first kappa shape index (κ1) is 11.3. The summed E-state index contributed by atoms with van der Waals surface area (Å²) in [5.74, 6) is 0. The van der Waals surface area contributed by atoms with E-state index in [1.165, 1.54) is 43.6 Å². The third-order valence-corrected chi connectivity index (χ3v) is 3.55. The summed E-state index contributed by atoms with van der Waals surface area (Å²) >= 11 is 0. The molecule has 1 aliphatic rings. The second-order valence-corrected chi connectivity index (χ2v) is 5.03. The third-order valence-electron chi connectivity index (χ3n) is 3.55. The van der Waals surface area contributed by atoms with Gasteiger partial charge in [0.25, 0.3) is 0 Å². The fourth-order valence-corrected chi connectivity index (χ4v) is 2.52. The molecule has 0 bridgehead atoms. The number of aryl methyl sites for hydroxylation is 1. The van der Waals surface area contributed by atoms with Crippen LogP contribution in [0.3, 0.4) is 0 Å². The minimum Gasteiger partial charge on any atom is -0.372 e. The Bertz CT molecular complexity index is 507. The molecule has 18 heavy (non-hydrogen) atoms. The van der Waals surface area contributed by atoms with Crippen molar-refractivity contribution in [2.24, 2.45) is 0 Å². The highest BCUT2D eigenvalue weighted by Crippen LogP contribution is 2.21. The van der Waals surface area contributed by atoms with E-state index in [1.807, 2.05) is 10.9 Å². The summed E-state index contributed by atoms with van der Waals surface area (Å²) in [7, 11) is 0. The molecule has 2 heterocycles. The molecule has 1 saturated heterocycles. The monoisotopic (exact) mass is 241 g/mol. The molecule has 0 unspecified atom stereocenters. The lowest BCUT2D eigenvalue weighted by Crippen LogP contribution is -2.29. The molecule has 0 saturated carbocycles. The summed E-state index contributed by atoms with van der Waals surface area (Å²) in [4.78, 5) is 2.47. The van der Waals surface area contributed by atoms with Gasteiger partial charge in [0.2, 0.25) is 0 Å². The summed E-state index contributed by atoms with van der Waals surface area (Å²) < 4.78 is 1.93. The molecule has 0 atom stereocenters. The number of anilines is 1. The molecule has 0 radical (unpaired) electrons. The molecule has 1 fully saturated rings. The highest BCUT2D eigenvalue weighted by molar-refractivity contribution is 5.51. The van der Waals surface area contributed by atoms with Crippen LogP contribution >= 0.6 is 0 Å². The van der Waals surface area contributed by atoms with Gasteiger partial charge in [-0.05, 0) is 56.0 Å². The van der Waals surface area contributed by atoms with Crippen molar-refractivity contribution in [3.63, 3.8) is 0 Å². The van der Waals surface area contributed by atoms with E-state index in [0.717, 1.165) is 5.69 Å². The zero-order valence-electron chi connectivity index (χ0n) is 10.8. The van der Waals surface area contributed by atoms with E-state index in [1.54, 1.807) is 0 Å². The quantitative estimate of drug-likeness (QED) is 0.805. The molecule has 0 N–H and O–H groups in total. The van der Waals surface area contributed by atoms with Gasteiger partial charge in [-0.15, -0.1) is 0 Å². The fourth-order valence-electron chi connectivity index (χ4n) is 2.52. The number of aromatic nitrogens is 2. The lowest BCUT2D eigenvalue weighted by Gasteiger charge is -2.28. The first-order valence-corrected chi connectivity index (χ1v) is 6.69. The van der Waals surface area contributed by atoms with Crippen LogP contribution < -0.4 is 4.90 Å². The van der Waals surface area contributed by atoms with Crippen LogP contribution in [0.4, 0.5) is 5.69 Å². The Hall–Kier alpha value is -1.77. The van der Waals surface area contributed by atoms with Gasteiger partial charge in [0.1, 0.15) is 0 Å². The van der Waals surface area contributed by atoms with Gasteiger partial charge < -0.3 is 4.90 Å². The molecule has 2 aromatic rings. The Labute approximate surface area is 108 Å². The van der Waals surface area contributed by atoms with E-state index in [-0.39, 0.29) is 0 Å². The molecule has 1 aromatic carbocycles. The van der Waals surface area contributed by atoms with Crippen LogP contribution in [0, 0.1) is 6.92 Å². The maximum atomic E-state index is 4.33. The Kier molecular flexibility index (Phi) is 3.05. The second-order valence-electron chi connectivity index (χ2n) is 5.03. The van der Waals surface area contributed by atoms with Crippen molar-refractivity contribution in [3.8, 4) is 5.69 Å². The minimum atomic E-state index is 1.13. The summed E-state index contributed by atoms with van der Waals surface area (Å²) in [5, 5.41) is 4.33. The normalized spacial score (nSPS) is 15.9. The van der Waals surface area contributed by atoms with Crippen molar-refractivity contribution in [2.75, 3.05) is 18.0 Å². The molecule has 0 amide bonds. The van der Waals surface area contributed by atoms with Crippen molar-refractivity contribution < 1.29 is 0 Å². The summed E-state index contributed by atoms with van der Waals surface area (Å²) in [6.45, 7) is 4.45. The van der Waals surface area contributed by atoms with Crippen LogP contribution in [0.25, 0.3) is 5.69 Å². The Balaban J connectivity index is 1.80. The SMILES string of the molecule is Cc1cnn(-c2ccc(N3CCCCC3)cc2)c1. The smallest absolute Gasteiger partial charge is 0.0647 e. The van der Waals surface area contributed by atoms with Crippen LogP contribution in [0.5, 0.6) is 0 Å². The van der Waals surface area contributed by atoms with E-state index in [9.17, 15) is 0 Å². The maximum absolute atomic E-state index is 4.33. The van der Waals surface area contributed by atoms with Crippen molar-refractivity contribution in [1.29, 1.82) is 0 Å². The largest absolute Gasteiger partial charge is 0.372 e. The fraction of sp³-hybridized carbons (Fsp3) is 0.400. The van der Waals surface area contributed by atoms with Gasteiger partial charge in [0.05, 0.1) is 11.9 Å². The predicted molar refractivity (Wildman–Crippen MR) is 74.4 cm³/mol. The summed E-state index contributed by atoms with van der Waals surface area (Å²) in [6, 6.07) is 8.71. The first-order valence-electron chi connectivity index (χ1n) is 6.69. The standard InChI is InChI=1S/C15H19N3/c1-13-11-16-18(12-13)15-7-5-14(6-8-15)17-9-3-2-4-10-17/h5-8,11-12H,2-4,9-10H2,1H3. The molecular formula is C15H19N3. The zero-order valence-corrected chi connectivity index (χ0v) is 10.8. The third kappa shape index (κ3) is 2.26. The number of hydrogen-bond acceptors (Lipinski definition) is 2. The molecule has 1 aromatic heterocycles. The lowest BCUT2D eigenvalue weighted by molar-refractivity contribution is 0.578. The van der Waals surface area contributed by atoms with Crippen molar-refractivity contribution >= 4 is 5.69 Å². The second kappa shape index (κ2) is 4.84. The first-order chi connectivity index (χ1) is 8.83. The van der Waals surface area contributed by atoms with Crippen LogP contribution in [-0.4, -0.2) is 22.9 Å². The van der Waals surface area contributed by atoms with E-state index < -0.39 is 0 Å². The van der Waals surface area contributed by atoms with Gasteiger partial charge in [-0.3, -0.25) is 0 Å². The van der Waals surface area contributed by atoms with Crippen LogP contribution in [-0.2, 0) is 0 Å². The highest BCUT2D eigenvalue weighted by atomic mass is 15.3. The van der Waals surface area contributed by atoms with E-state index in [2.05, 4.69) is 47.4 Å². The van der Waals surface area contributed by atoms with Gasteiger partial charge in [-0.25, -0.2) is 4.68 Å². The van der Waals surface area contributed by atoms with E-state index in [0.29, 0.717) is 0 Å². The van der Waals surface area contributed by atoms with Gasteiger partial charge in [-0.1, -0.05) is 0 Å². The predicted octanol–water partition coefficient (Wildman–Crippen LogP) is 3.17. The molecule has 1 aliphatic heterocycles. The maximum Gasteiger partial charge on any atom is 0.0647 e. The molecule has 3 rings (SSSR count). The number of piperidine rings is 1. The zero-order chi connectivity index (χ0) is 12.4. The van der Waals surface area contributed by atoms with Gasteiger partial charge in [0, 0.05) is 25.0 Å². The van der Waals surface area contributed by atoms with Crippen molar-refractivity contribution in [3.05, 3.63) is 42.2 Å². The van der Waals surface area contributed by atoms with Crippen LogP contribution in [0.2, 0.25) is 0 Å². The van der Waals surface area contributed by atoms with E-state index >= 15 is 0 Å². The molecule has 0 aliphatic carbocycles. The summed E-state index contributed by atoms with van der Waals surface area (Å²) in [6.07, 6.45) is 7.95. The van der Waals surface area contributed by atoms with E-state index in [4.69, 9.17) is 0 Å². The van der Waals surface area contributed by atoms with Crippen LogP contribution in [0.15, 0.2) is 36.7 Å². The van der Waals surface area contributed by atoms with Crippen molar-refractivity contribution in [2.45, 2.75) is 26.2 Å².